The van der Waals surface area contributed by atoms with Crippen molar-refractivity contribution < 1.29 is 14.6 Å². The minimum absolute atomic E-state index is 0.226. The first-order valence-electron chi connectivity index (χ1n) is 4.38. The van der Waals surface area contributed by atoms with Crippen LogP contribution in [-0.2, 0) is 4.79 Å². The molecule has 0 spiro atoms. The minimum atomic E-state index is 0.226. The van der Waals surface area contributed by atoms with E-state index >= 15 is 0 Å². The molecule has 82 valence electrons. The smallest absolute Gasteiger partial charge is 0.231 e. The highest BCUT2D eigenvalue weighted by atomic mass is 16.5. The summed E-state index contributed by atoms with van der Waals surface area (Å²) in [5, 5.41) is 15.6. The van der Waals surface area contributed by atoms with Gasteiger partial charge in [0.2, 0.25) is 6.08 Å². The molecule has 5 heteroatoms. The van der Waals surface area contributed by atoms with Crippen molar-refractivity contribution >= 4 is 17.0 Å². The Morgan fingerprint density at radius 1 is 1.44 bits per heavy atom. The number of pyridine rings is 1. The van der Waals surface area contributed by atoms with Crippen LogP contribution in [0.3, 0.4) is 0 Å². The predicted octanol–water partition coefficient (Wildman–Crippen LogP) is 1.85. The number of nitrogens with one attached hydrogen (secondary N) is 1. The summed E-state index contributed by atoms with van der Waals surface area (Å²) in [5.74, 6) is 0.944. The molecule has 1 aromatic carbocycles. The van der Waals surface area contributed by atoms with Gasteiger partial charge in [0.1, 0.15) is 11.5 Å². The molecule has 0 saturated carbocycles. The summed E-state index contributed by atoms with van der Waals surface area (Å²) in [6.45, 7) is 0. The van der Waals surface area contributed by atoms with E-state index in [1.54, 1.807) is 25.4 Å². The molecular formula is C11H10N2O3. The number of isocyanates is 1. The first kappa shape index (κ1) is 11.7. The predicted molar refractivity (Wildman–Crippen MR) is 58.4 cm³/mol. The van der Waals surface area contributed by atoms with Crippen LogP contribution in [0.1, 0.15) is 0 Å². The fraction of sp³-hybridized carbons (Fsp3) is 0.0909. The van der Waals surface area contributed by atoms with Gasteiger partial charge in [-0.1, -0.05) is 0 Å². The van der Waals surface area contributed by atoms with Crippen LogP contribution in [0.25, 0.3) is 10.9 Å². The molecular weight excluding hydrogens is 208 g/mol. The van der Waals surface area contributed by atoms with E-state index in [9.17, 15) is 5.11 Å². The number of hydrogen-bond donors (Lipinski definition) is 2. The Bertz CT molecular complexity index is 520. The molecule has 0 unspecified atom stereocenters. The summed E-state index contributed by atoms with van der Waals surface area (Å²) >= 11 is 0. The lowest BCUT2D eigenvalue weighted by Gasteiger charge is -2.02. The van der Waals surface area contributed by atoms with E-state index in [0.717, 1.165) is 17.3 Å². The Morgan fingerprint density at radius 2 is 2.12 bits per heavy atom. The largest absolute Gasteiger partial charge is 0.507 e. The molecule has 5 nitrogen and oxygen atoms in total. The zero-order chi connectivity index (χ0) is 12.0. The molecule has 0 fully saturated rings. The van der Waals surface area contributed by atoms with Crippen LogP contribution in [-0.4, -0.2) is 23.3 Å². The third-order valence-electron chi connectivity index (χ3n) is 1.93. The van der Waals surface area contributed by atoms with Crippen molar-refractivity contribution in [1.29, 1.82) is 5.41 Å². The van der Waals surface area contributed by atoms with Crippen molar-refractivity contribution in [2.75, 3.05) is 7.11 Å². The van der Waals surface area contributed by atoms with Crippen LogP contribution in [0.2, 0.25) is 0 Å². The molecule has 0 aliphatic heterocycles. The average molecular weight is 218 g/mol. The van der Waals surface area contributed by atoms with Gasteiger partial charge in [-0.25, -0.2) is 10.2 Å². The van der Waals surface area contributed by atoms with E-state index in [2.05, 4.69) is 4.98 Å². The summed E-state index contributed by atoms with van der Waals surface area (Å²) in [6.07, 6.45) is 2.32. The summed E-state index contributed by atoms with van der Waals surface area (Å²) in [7, 11) is 1.59. The molecule has 0 aliphatic rings. The topological polar surface area (TPSA) is 83.3 Å². The number of hydrogen-bond acceptors (Lipinski definition) is 5. The summed E-state index contributed by atoms with van der Waals surface area (Å²) in [5.41, 5.74) is 0.765. The van der Waals surface area contributed by atoms with Crippen LogP contribution in [0.4, 0.5) is 0 Å². The molecule has 16 heavy (non-hydrogen) atoms. The van der Waals surface area contributed by atoms with E-state index in [1.807, 2.05) is 12.1 Å². The number of carbonyl (C=O) groups excluding carboxylic acids is 1. The molecule has 2 rings (SSSR count). The summed E-state index contributed by atoms with van der Waals surface area (Å²) in [4.78, 5) is 12.4. The third-order valence-corrected chi connectivity index (χ3v) is 1.93. The molecule has 0 bridgehead atoms. The van der Waals surface area contributed by atoms with Gasteiger partial charge in [-0.3, -0.25) is 4.98 Å². The maximum absolute atomic E-state index is 9.50. The lowest BCUT2D eigenvalue weighted by atomic mass is 10.2. The van der Waals surface area contributed by atoms with Gasteiger partial charge in [0.05, 0.1) is 12.6 Å². The lowest BCUT2D eigenvalue weighted by Crippen LogP contribution is -1.83. The van der Waals surface area contributed by atoms with Crippen LogP contribution in [0.5, 0.6) is 11.5 Å². The maximum Gasteiger partial charge on any atom is 0.231 e. The fourth-order valence-electron chi connectivity index (χ4n) is 1.24. The molecule has 0 saturated heterocycles. The highest BCUT2D eigenvalue weighted by Gasteiger charge is 2.00. The van der Waals surface area contributed by atoms with E-state index < -0.39 is 0 Å². The first-order chi connectivity index (χ1) is 7.72. The van der Waals surface area contributed by atoms with E-state index in [1.165, 1.54) is 0 Å². The molecule has 2 aromatic rings. The van der Waals surface area contributed by atoms with Crippen molar-refractivity contribution in [3.05, 3.63) is 30.5 Å². The monoisotopic (exact) mass is 218 g/mol. The Hall–Kier alpha value is -2.39. The van der Waals surface area contributed by atoms with Gasteiger partial charge in [0, 0.05) is 11.6 Å². The normalized spacial score (nSPS) is 8.81. The number of nitrogens with zero attached hydrogens (tertiary/aromatic N) is 1. The van der Waals surface area contributed by atoms with Gasteiger partial charge in [0.15, 0.2) is 0 Å². The number of benzene rings is 1. The van der Waals surface area contributed by atoms with Crippen molar-refractivity contribution in [2.24, 2.45) is 0 Å². The Morgan fingerprint density at radius 3 is 2.75 bits per heavy atom. The summed E-state index contributed by atoms with van der Waals surface area (Å²) in [6, 6.07) is 6.95. The van der Waals surface area contributed by atoms with Crippen molar-refractivity contribution in [2.45, 2.75) is 0 Å². The van der Waals surface area contributed by atoms with Crippen LogP contribution in [0.15, 0.2) is 30.5 Å². The summed E-state index contributed by atoms with van der Waals surface area (Å²) < 4.78 is 5.04. The van der Waals surface area contributed by atoms with Crippen molar-refractivity contribution in [1.82, 2.24) is 4.98 Å². The maximum atomic E-state index is 9.50. The lowest BCUT2D eigenvalue weighted by molar-refractivity contribution is 0.415. The number of methoxy groups -OCH3 is 1. The zero-order valence-electron chi connectivity index (χ0n) is 8.60. The second-order valence-corrected chi connectivity index (χ2v) is 2.82. The molecule has 0 radical (unpaired) electrons. The van der Waals surface area contributed by atoms with Gasteiger partial charge in [-0.2, -0.15) is 0 Å². The Labute approximate surface area is 91.8 Å². The SMILES string of the molecule is COc1ccc2nccc(O)c2c1.N=C=O. The number of aromatic nitrogens is 1. The number of aromatic hydroxyl groups is 1. The van der Waals surface area contributed by atoms with Crippen LogP contribution < -0.4 is 4.74 Å². The van der Waals surface area contributed by atoms with E-state index in [4.69, 9.17) is 14.9 Å². The average Bonchev–Trinajstić information content (AvgIpc) is 2.30. The second kappa shape index (κ2) is 5.48. The van der Waals surface area contributed by atoms with Gasteiger partial charge in [-0.15, -0.1) is 0 Å². The van der Waals surface area contributed by atoms with Gasteiger partial charge in [0.25, 0.3) is 0 Å². The Kier molecular flexibility index (Phi) is 4.00. The quantitative estimate of drug-likeness (QED) is 0.565. The second-order valence-electron chi connectivity index (χ2n) is 2.82. The number of fused-ring (bicyclic) bond motifs is 1. The van der Waals surface area contributed by atoms with Crippen LogP contribution >= 0.6 is 0 Å². The molecule has 0 amide bonds. The van der Waals surface area contributed by atoms with Crippen molar-refractivity contribution in [3.63, 3.8) is 0 Å². The van der Waals surface area contributed by atoms with Crippen molar-refractivity contribution in [3.8, 4) is 11.5 Å². The Balaban J connectivity index is 0.000000386. The molecule has 1 aromatic heterocycles. The number of rotatable bonds is 1. The standard InChI is InChI=1S/C10H9NO2.CHNO/c1-13-7-2-3-9-8(6-7)10(12)4-5-11-9;2-1-3/h2-6H,1H3,(H,11,12);2H. The van der Waals surface area contributed by atoms with E-state index in [-0.39, 0.29) is 5.75 Å². The van der Waals surface area contributed by atoms with Gasteiger partial charge < -0.3 is 9.84 Å². The van der Waals surface area contributed by atoms with E-state index in [0.29, 0.717) is 5.39 Å². The third kappa shape index (κ3) is 2.56. The highest BCUT2D eigenvalue weighted by Crippen LogP contribution is 2.25. The molecule has 1 heterocycles. The molecule has 0 atom stereocenters. The molecule has 0 aliphatic carbocycles. The van der Waals surface area contributed by atoms with Crippen LogP contribution in [0, 0.1) is 5.41 Å². The molecule has 2 N–H and O–H groups in total. The zero-order valence-corrected chi connectivity index (χ0v) is 8.60. The highest BCUT2D eigenvalue weighted by molar-refractivity contribution is 5.85. The first-order valence-corrected chi connectivity index (χ1v) is 4.38. The fourth-order valence-corrected chi connectivity index (χ4v) is 1.24. The van der Waals surface area contributed by atoms with Gasteiger partial charge in [-0.05, 0) is 24.3 Å². The van der Waals surface area contributed by atoms with Gasteiger partial charge >= 0.3 is 0 Å². The minimum Gasteiger partial charge on any atom is -0.507 e. The number of ether oxygens (including phenoxy) is 1.